The van der Waals surface area contributed by atoms with Crippen molar-refractivity contribution in [1.82, 2.24) is 5.43 Å². The Hall–Kier alpha value is -2.82. The van der Waals surface area contributed by atoms with Crippen LogP contribution in [0.4, 0.5) is 0 Å². The van der Waals surface area contributed by atoms with Gasteiger partial charge < -0.3 is 9.47 Å². The fraction of sp³-hybridized carbons (Fsp3) is 0.263. The molecule has 0 radical (unpaired) electrons. The minimum atomic E-state index is -0.282. The molecule has 5 heteroatoms. The van der Waals surface area contributed by atoms with Crippen molar-refractivity contribution in [3.05, 3.63) is 58.1 Å². The summed E-state index contributed by atoms with van der Waals surface area (Å²) in [6.45, 7) is 8.24. The van der Waals surface area contributed by atoms with Crippen LogP contribution in [-0.2, 0) is 0 Å². The second-order valence-corrected chi connectivity index (χ2v) is 5.98. The maximum absolute atomic E-state index is 12.3. The molecule has 0 saturated carbocycles. The summed E-state index contributed by atoms with van der Waals surface area (Å²) >= 11 is 0. The molecule has 1 amide bonds. The molecule has 0 spiro atoms. The summed E-state index contributed by atoms with van der Waals surface area (Å²) in [5, 5.41) is 4.26. The van der Waals surface area contributed by atoms with Crippen LogP contribution < -0.4 is 14.9 Å². The Kier molecular flexibility index (Phi) is 4.25. The molecule has 1 N–H and O–H groups in total. The van der Waals surface area contributed by atoms with Gasteiger partial charge in [-0.3, -0.25) is 4.79 Å². The van der Waals surface area contributed by atoms with E-state index in [1.54, 1.807) is 18.2 Å². The second-order valence-electron chi connectivity index (χ2n) is 5.98. The fourth-order valence-electron chi connectivity index (χ4n) is 3.04. The summed E-state index contributed by atoms with van der Waals surface area (Å²) in [6, 6.07) is 9.30. The molecule has 0 unspecified atom stereocenters. The molecule has 2 aromatic rings. The molecule has 124 valence electrons. The van der Waals surface area contributed by atoms with Crippen LogP contribution in [0.25, 0.3) is 0 Å². The van der Waals surface area contributed by atoms with E-state index in [9.17, 15) is 4.79 Å². The first-order valence-corrected chi connectivity index (χ1v) is 7.78. The molecule has 5 nitrogen and oxygen atoms in total. The topological polar surface area (TPSA) is 59.9 Å². The minimum absolute atomic E-state index is 0.184. The molecule has 2 aromatic carbocycles. The van der Waals surface area contributed by atoms with E-state index in [1.807, 2.05) is 20.8 Å². The lowest BCUT2D eigenvalue weighted by molar-refractivity contribution is 0.0954. The molecular formula is C19H20N2O3. The number of nitrogens with zero attached hydrogens (tertiary/aromatic N) is 1. The van der Waals surface area contributed by atoms with Crippen LogP contribution >= 0.6 is 0 Å². The maximum Gasteiger partial charge on any atom is 0.271 e. The summed E-state index contributed by atoms with van der Waals surface area (Å²) in [4.78, 5) is 12.3. The van der Waals surface area contributed by atoms with E-state index in [0.717, 1.165) is 22.4 Å². The molecule has 0 saturated heterocycles. The van der Waals surface area contributed by atoms with Gasteiger partial charge in [0.1, 0.15) is 0 Å². The third kappa shape index (κ3) is 3.11. The minimum Gasteiger partial charge on any atom is -0.454 e. The number of carbonyl (C=O) groups is 1. The zero-order valence-electron chi connectivity index (χ0n) is 14.3. The lowest BCUT2D eigenvalue weighted by Crippen LogP contribution is -2.19. The summed E-state index contributed by atoms with van der Waals surface area (Å²) < 4.78 is 10.5. The first kappa shape index (κ1) is 16.1. The SMILES string of the molecule is C/C(=N/NC(=O)c1ccc2c(c1)OCO2)c1c(C)cc(C)cc1C. The molecule has 0 aliphatic carbocycles. The highest BCUT2D eigenvalue weighted by Gasteiger charge is 2.16. The van der Waals surface area contributed by atoms with Crippen LogP contribution in [0.3, 0.4) is 0 Å². The normalized spacial score (nSPS) is 13.1. The summed E-state index contributed by atoms with van der Waals surface area (Å²) in [7, 11) is 0. The molecule has 0 atom stereocenters. The maximum atomic E-state index is 12.3. The van der Waals surface area contributed by atoms with Crippen LogP contribution in [0.2, 0.25) is 0 Å². The molecule has 0 aromatic heterocycles. The van der Waals surface area contributed by atoms with Crippen molar-refractivity contribution in [2.45, 2.75) is 27.7 Å². The van der Waals surface area contributed by atoms with E-state index in [1.165, 1.54) is 5.56 Å². The van der Waals surface area contributed by atoms with Gasteiger partial charge >= 0.3 is 0 Å². The molecule has 0 fully saturated rings. The van der Waals surface area contributed by atoms with E-state index >= 15 is 0 Å². The van der Waals surface area contributed by atoms with Gasteiger partial charge in [0.25, 0.3) is 5.91 Å². The van der Waals surface area contributed by atoms with Gasteiger partial charge in [-0.05, 0) is 57.0 Å². The number of hydrazone groups is 1. The standard InChI is InChI=1S/C19H20N2O3/c1-11-7-12(2)18(13(3)8-11)14(4)20-21-19(22)15-5-6-16-17(9-15)24-10-23-16/h5-9H,10H2,1-4H3,(H,21,22)/b20-14-. The zero-order chi connectivity index (χ0) is 17.3. The van der Waals surface area contributed by atoms with Crippen LogP contribution in [-0.4, -0.2) is 18.4 Å². The van der Waals surface area contributed by atoms with Gasteiger partial charge in [0.2, 0.25) is 6.79 Å². The van der Waals surface area contributed by atoms with E-state index < -0.39 is 0 Å². The second kappa shape index (κ2) is 6.35. The molecule has 1 aliphatic heterocycles. The highest BCUT2D eigenvalue weighted by molar-refractivity contribution is 6.03. The van der Waals surface area contributed by atoms with Gasteiger partial charge in [0.15, 0.2) is 11.5 Å². The van der Waals surface area contributed by atoms with Crippen molar-refractivity contribution in [2.24, 2.45) is 5.10 Å². The van der Waals surface area contributed by atoms with Crippen molar-refractivity contribution in [1.29, 1.82) is 0 Å². The zero-order valence-corrected chi connectivity index (χ0v) is 14.3. The molecule has 1 heterocycles. The highest BCUT2D eigenvalue weighted by atomic mass is 16.7. The molecule has 0 bridgehead atoms. The fourth-order valence-corrected chi connectivity index (χ4v) is 3.04. The Morgan fingerprint density at radius 3 is 2.42 bits per heavy atom. The Bertz CT molecular complexity index is 817. The van der Waals surface area contributed by atoms with Gasteiger partial charge in [-0.2, -0.15) is 5.10 Å². The number of ether oxygens (including phenoxy) is 2. The Morgan fingerprint density at radius 1 is 1.04 bits per heavy atom. The molecule has 1 aliphatic rings. The predicted octanol–water partition coefficient (Wildman–Crippen LogP) is 3.49. The largest absolute Gasteiger partial charge is 0.454 e. The monoisotopic (exact) mass is 324 g/mol. The predicted molar refractivity (Wildman–Crippen MR) is 92.9 cm³/mol. The number of fused-ring (bicyclic) bond motifs is 1. The van der Waals surface area contributed by atoms with Crippen LogP contribution in [0.5, 0.6) is 11.5 Å². The number of hydrogen-bond acceptors (Lipinski definition) is 4. The van der Waals surface area contributed by atoms with Gasteiger partial charge in [0, 0.05) is 11.1 Å². The van der Waals surface area contributed by atoms with Crippen molar-refractivity contribution >= 4 is 11.6 Å². The first-order valence-electron chi connectivity index (χ1n) is 7.78. The number of benzene rings is 2. The lowest BCUT2D eigenvalue weighted by Gasteiger charge is -2.11. The smallest absolute Gasteiger partial charge is 0.271 e. The number of nitrogens with one attached hydrogen (secondary N) is 1. The number of hydrogen-bond donors (Lipinski definition) is 1. The average molecular weight is 324 g/mol. The van der Waals surface area contributed by atoms with E-state index in [-0.39, 0.29) is 12.7 Å². The number of rotatable bonds is 3. The van der Waals surface area contributed by atoms with Gasteiger partial charge in [-0.1, -0.05) is 17.7 Å². The van der Waals surface area contributed by atoms with Crippen molar-refractivity contribution < 1.29 is 14.3 Å². The number of amides is 1. The van der Waals surface area contributed by atoms with Gasteiger partial charge in [0.05, 0.1) is 5.71 Å². The van der Waals surface area contributed by atoms with Crippen LogP contribution in [0.15, 0.2) is 35.4 Å². The van der Waals surface area contributed by atoms with E-state index in [0.29, 0.717) is 17.1 Å². The van der Waals surface area contributed by atoms with Crippen molar-refractivity contribution in [3.8, 4) is 11.5 Å². The Labute approximate surface area is 141 Å². The number of carbonyl (C=O) groups excluding carboxylic acids is 1. The van der Waals surface area contributed by atoms with Gasteiger partial charge in [-0.25, -0.2) is 5.43 Å². The quantitative estimate of drug-likeness (QED) is 0.694. The molecule has 24 heavy (non-hydrogen) atoms. The molecular weight excluding hydrogens is 304 g/mol. The van der Waals surface area contributed by atoms with Crippen LogP contribution in [0.1, 0.15) is 39.5 Å². The molecule has 3 rings (SSSR count). The van der Waals surface area contributed by atoms with E-state index in [2.05, 4.69) is 29.6 Å². The Morgan fingerprint density at radius 2 is 1.71 bits per heavy atom. The van der Waals surface area contributed by atoms with Crippen molar-refractivity contribution in [3.63, 3.8) is 0 Å². The highest BCUT2D eigenvalue weighted by Crippen LogP contribution is 2.32. The average Bonchev–Trinajstić information content (AvgIpc) is 2.99. The third-order valence-corrected chi connectivity index (χ3v) is 4.00. The van der Waals surface area contributed by atoms with Crippen molar-refractivity contribution in [2.75, 3.05) is 6.79 Å². The summed E-state index contributed by atoms with van der Waals surface area (Å²) in [6.07, 6.45) is 0. The number of aryl methyl sites for hydroxylation is 3. The first-order chi connectivity index (χ1) is 11.5. The Balaban J connectivity index is 1.79. The lowest BCUT2D eigenvalue weighted by atomic mass is 9.97. The van der Waals surface area contributed by atoms with E-state index in [4.69, 9.17) is 9.47 Å². The third-order valence-electron chi connectivity index (χ3n) is 4.00. The van der Waals surface area contributed by atoms with Gasteiger partial charge in [-0.15, -0.1) is 0 Å². The summed E-state index contributed by atoms with van der Waals surface area (Å²) in [5.74, 6) is 0.945. The summed E-state index contributed by atoms with van der Waals surface area (Å²) in [5.41, 5.74) is 8.43. The van der Waals surface area contributed by atoms with Crippen LogP contribution in [0, 0.1) is 20.8 Å².